The number of ether oxygens (including phenoxy) is 1. The summed E-state index contributed by atoms with van der Waals surface area (Å²) in [6.07, 6.45) is 0. The second-order valence-electron chi connectivity index (χ2n) is 7.09. The Morgan fingerprint density at radius 1 is 1.20 bits per heavy atom. The molecular formula is C20H27BrN6O3. The Labute approximate surface area is 184 Å². The van der Waals surface area contributed by atoms with Gasteiger partial charge in [-0.2, -0.15) is 5.10 Å². The third-order valence-electron chi connectivity index (χ3n) is 5.04. The molecule has 0 spiro atoms. The molecule has 1 saturated heterocycles. The molecule has 0 unspecified atom stereocenters. The van der Waals surface area contributed by atoms with Crippen molar-refractivity contribution in [3.8, 4) is 5.75 Å². The fraction of sp³-hybridized carbons (Fsp3) is 0.450. The van der Waals surface area contributed by atoms with Gasteiger partial charge >= 0.3 is 0 Å². The van der Waals surface area contributed by atoms with Crippen LogP contribution in [0.15, 0.2) is 28.9 Å². The summed E-state index contributed by atoms with van der Waals surface area (Å²) in [7, 11) is 1.65. The number of carbonyl (C=O) groups excluding carboxylic acids is 2. The van der Waals surface area contributed by atoms with Crippen LogP contribution in [0.25, 0.3) is 0 Å². The molecule has 9 nitrogen and oxygen atoms in total. The van der Waals surface area contributed by atoms with Crippen LogP contribution < -0.4 is 15.8 Å². The summed E-state index contributed by atoms with van der Waals surface area (Å²) in [5.41, 5.74) is 7.31. The summed E-state index contributed by atoms with van der Waals surface area (Å²) in [4.78, 5) is 28.9. The number of piperazine rings is 1. The number of rotatable bonds is 7. The van der Waals surface area contributed by atoms with E-state index in [1.165, 1.54) is 10.2 Å². The Balaban J connectivity index is 1.44. The first kappa shape index (κ1) is 22.1. The Morgan fingerprint density at radius 2 is 1.87 bits per heavy atom. The second-order valence-corrected chi connectivity index (χ2v) is 7.84. The Bertz CT molecular complexity index is 891. The highest BCUT2D eigenvalue weighted by Crippen LogP contribution is 2.21. The quantitative estimate of drug-likeness (QED) is 0.619. The van der Waals surface area contributed by atoms with Gasteiger partial charge in [-0.1, -0.05) is 12.1 Å². The van der Waals surface area contributed by atoms with Gasteiger partial charge in [0.2, 0.25) is 5.91 Å². The number of nitrogens with one attached hydrogen (secondary N) is 1. The minimum absolute atomic E-state index is 0.0709. The lowest BCUT2D eigenvalue weighted by Gasteiger charge is -2.34. The molecule has 10 heteroatoms. The highest BCUT2D eigenvalue weighted by Gasteiger charge is 2.23. The Kier molecular flexibility index (Phi) is 7.33. The van der Waals surface area contributed by atoms with Crippen LogP contribution in [0.1, 0.15) is 22.8 Å². The van der Waals surface area contributed by atoms with Gasteiger partial charge in [-0.3, -0.25) is 19.2 Å². The number of carbonyl (C=O) groups is 2. The van der Waals surface area contributed by atoms with Crippen molar-refractivity contribution in [1.82, 2.24) is 24.9 Å². The molecule has 0 bridgehead atoms. The summed E-state index contributed by atoms with van der Waals surface area (Å²) >= 11 is 3.22. The van der Waals surface area contributed by atoms with E-state index in [-0.39, 0.29) is 23.8 Å². The molecule has 1 aromatic heterocycles. The molecule has 0 aliphatic carbocycles. The summed E-state index contributed by atoms with van der Waals surface area (Å²) in [6.45, 7) is 6.21. The van der Waals surface area contributed by atoms with E-state index in [0.717, 1.165) is 25.4 Å². The van der Waals surface area contributed by atoms with Crippen molar-refractivity contribution in [1.29, 1.82) is 0 Å². The van der Waals surface area contributed by atoms with Crippen molar-refractivity contribution in [2.24, 2.45) is 7.05 Å². The molecule has 162 valence electrons. The van der Waals surface area contributed by atoms with Gasteiger partial charge in [-0.25, -0.2) is 0 Å². The van der Waals surface area contributed by atoms with Crippen molar-refractivity contribution in [3.63, 3.8) is 0 Å². The molecule has 1 fully saturated rings. The van der Waals surface area contributed by atoms with Gasteiger partial charge in [0.1, 0.15) is 21.7 Å². The SMILES string of the molecule is CCOc1ccc(CN2CCN(C(=O)CNC(=O)c3c(Br)nn(C)c3N)CC2)cc1. The fourth-order valence-corrected chi connectivity index (χ4v) is 3.96. The van der Waals surface area contributed by atoms with Crippen molar-refractivity contribution >= 4 is 33.6 Å². The van der Waals surface area contributed by atoms with Gasteiger partial charge in [-0.15, -0.1) is 0 Å². The zero-order chi connectivity index (χ0) is 21.7. The monoisotopic (exact) mass is 478 g/mol. The van der Waals surface area contributed by atoms with Gasteiger partial charge in [0.25, 0.3) is 5.91 Å². The maximum Gasteiger partial charge on any atom is 0.258 e. The Morgan fingerprint density at radius 3 is 2.43 bits per heavy atom. The first-order valence-electron chi connectivity index (χ1n) is 9.87. The average molecular weight is 479 g/mol. The Hall–Kier alpha value is -2.59. The minimum Gasteiger partial charge on any atom is -0.494 e. The maximum atomic E-state index is 12.5. The van der Waals surface area contributed by atoms with Crippen LogP contribution in [0.4, 0.5) is 5.82 Å². The van der Waals surface area contributed by atoms with Gasteiger partial charge in [-0.05, 0) is 40.5 Å². The predicted octanol–water partition coefficient (Wildman–Crippen LogP) is 1.24. The number of nitrogen functional groups attached to an aromatic ring is 1. The third kappa shape index (κ3) is 5.31. The first-order chi connectivity index (χ1) is 14.4. The molecule has 0 radical (unpaired) electrons. The summed E-state index contributed by atoms with van der Waals surface area (Å²) in [5.74, 6) is 0.589. The van der Waals surface area contributed by atoms with Gasteiger partial charge in [0.15, 0.2) is 0 Å². The molecule has 1 aliphatic rings. The first-order valence-corrected chi connectivity index (χ1v) is 10.7. The molecule has 2 aromatic rings. The van der Waals surface area contributed by atoms with Crippen LogP contribution in [-0.2, 0) is 18.4 Å². The van der Waals surface area contributed by atoms with E-state index in [2.05, 4.69) is 43.4 Å². The number of aryl methyl sites for hydroxylation is 1. The average Bonchev–Trinajstić information content (AvgIpc) is 2.99. The molecule has 0 saturated carbocycles. The number of nitrogens with two attached hydrogens (primary N) is 1. The predicted molar refractivity (Wildman–Crippen MR) is 117 cm³/mol. The number of hydrogen-bond donors (Lipinski definition) is 2. The van der Waals surface area contributed by atoms with Gasteiger partial charge < -0.3 is 20.7 Å². The van der Waals surface area contributed by atoms with E-state index in [1.54, 1.807) is 11.9 Å². The lowest BCUT2D eigenvalue weighted by Crippen LogP contribution is -2.50. The third-order valence-corrected chi connectivity index (χ3v) is 5.60. The van der Waals surface area contributed by atoms with E-state index >= 15 is 0 Å². The normalized spacial score (nSPS) is 14.6. The number of aromatic nitrogens is 2. The topological polar surface area (TPSA) is 106 Å². The van der Waals surface area contributed by atoms with Crippen molar-refractivity contribution in [2.75, 3.05) is 45.1 Å². The van der Waals surface area contributed by atoms with Crippen LogP contribution in [0.3, 0.4) is 0 Å². The smallest absolute Gasteiger partial charge is 0.258 e. The largest absolute Gasteiger partial charge is 0.494 e. The zero-order valence-electron chi connectivity index (χ0n) is 17.2. The summed E-state index contributed by atoms with van der Waals surface area (Å²) in [6, 6.07) is 8.10. The molecule has 1 aromatic carbocycles. The highest BCUT2D eigenvalue weighted by molar-refractivity contribution is 9.10. The molecular weight excluding hydrogens is 452 g/mol. The van der Waals surface area contributed by atoms with E-state index < -0.39 is 5.91 Å². The lowest BCUT2D eigenvalue weighted by atomic mass is 10.2. The lowest BCUT2D eigenvalue weighted by molar-refractivity contribution is -0.131. The molecule has 2 heterocycles. The molecule has 2 amide bonds. The van der Waals surface area contributed by atoms with Crippen LogP contribution in [0, 0.1) is 0 Å². The van der Waals surface area contributed by atoms with E-state index in [9.17, 15) is 9.59 Å². The molecule has 3 N–H and O–H groups in total. The standard InChI is InChI=1S/C20H27BrN6O3/c1-3-30-15-6-4-14(5-7-15)13-26-8-10-27(11-9-26)16(28)12-23-20(29)17-18(21)24-25(2)19(17)22/h4-7H,3,8-13,22H2,1-2H3,(H,23,29). The van der Waals surface area contributed by atoms with Crippen molar-refractivity contribution < 1.29 is 14.3 Å². The van der Waals surface area contributed by atoms with Crippen LogP contribution in [-0.4, -0.2) is 70.7 Å². The number of anilines is 1. The molecule has 0 atom stereocenters. The number of amides is 2. The van der Waals surface area contributed by atoms with Crippen LogP contribution in [0.5, 0.6) is 5.75 Å². The molecule has 1 aliphatic heterocycles. The van der Waals surface area contributed by atoms with Gasteiger partial charge in [0, 0.05) is 39.8 Å². The van der Waals surface area contributed by atoms with Crippen LogP contribution in [0.2, 0.25) is 0 Å². The van der Waals surface area contributed by atoms with Crippen molar-refractivity contribution in [2.45, 2.75) is 13.5 Å². The van der Waals surface area contributed by atoms with Gasteiger partial charge in [0.05, 0.1) is 13.2 Å². The van der Waals surface area contributed by atoms with E-state index in [0.29, 0.717) is 24.3 Å². The zero-order valence-corrected chi connectivity index (χ0v) is 18.8. The number of nitrogens with zero attached hydrogens (tertiary/aromatic N) is 4. The number of halogens is 1. The minimum atomic E-state index is -0.421. The number of benzene rings is 1. The van der Waals surface area contributed by atoms with Crippen molar-refractivity contribution in [3.05, 3.63) is 40.0 Å². The highest BCUT2D eigenvalue weighted by atomic mass is 79.9. The number of hydrogen-bond acceptors (Lipinski definition) is 6. The molecule has 30 heavy (non-hydrogen) atoms. The van der Waals surface area contributed by atoms with Crippen LogP contribution >= 0.6 is 15.9 Å². The maximum absolute atomic E-state index is 12.5. The summed E-state index contributed by atoms with van der Waals surface area (Å²) < 4.78 is 7.24. The fourth-order valence-electron chi connectivity index (χ4n) is 3.34. The van der Waals surface area contributed by atoms with E-state index in [1.807, 2.05) is 19.1 Å². The summed E-state index contributed by atoms with van der Waals surface area (Å²) in [5, 5.41) is 6.68. The molecule has 3 rings (SSSR count). The second kappa shape index (κ2) is 9.94. The van der Waals surface area contributed by atoms with E-state index in [4.69, 9.17) is 10.5 Å².